The first-order valence-corrected chi connectivity index (χ1v) is 11.7. The predicted molar refractivity (Wildman–Crippen MR) is 107 cm³/mol. The highest BCUT2D eigenvalue weighted by Gasteiger charge is 2.44. The molecule has 0 radical (unpaired) electrons. The summed E-state index contributed by atoms with van der Waals surface area (Å²) in [6, 6.07) is 8.40. The largest absolute Gasteiger partial charge is 0.537 e. The Balaban J connectivity index is 2.98. The highest BCUT2D eigenvalue weighted by molar-refractivity contribution is 14.1. The van der Waals surface area contributed by atoms with Gasteiger partial charge in [0.2, 0.25) is 0 Å². The maximum absolute atomic E-state index is 6.30. The molecule has 0 aliphatic rings. The zero-order chi connectivity index (χ0) is 17.0. The number of unbranched alkanes of at least 4 members (excludes halogenated alkanes) is 3. The summed E-state index contributed by atoms with van der Waals surface area (Å²) in [5.74, 6) is 0. The quantitative estimate of drug-likeness (QED) is 0.243. The molecule has 132 valence electrons. The maximum atomic E-state index is 6.30. The van der Waals surface area contributed by atoms with Crippen LogP contribution in [0.5, 0.6) is 0 Å². The number of hydrogen-bond acceptors (Lipinski definition) is 3. The molecule has 0 aliphatic heterocycles. The molecule has 0 N–H and O–H groups in total. The molecule has 23 heavy (non-hydrogen) atoms. The van der Waals surface area contributed by atoms with Crippen LogP contribution in [0.3, 0.4) is 0 Å². The van der Waals surface area contributed by atoms with Crippen LogP contribution in [0, 0.1) is 3.57 Å². The third kappa shape index (κ3) is 7.64. The summed E-state index contributed by atoms with van der Waals surface area (Å²) in [4.78, 5) is 0. The van der Waals surface area contributed by atoms with E-state index in [4.69, 9.17) is 13.3 Å². The highest BCUT2D eigenvalue weighted by atomic mass is 127. The molecular weight excluding hydrogens is 419 g/mol. The van der Waals surface area contributed by atoms with E-state index in [1.54, 1.807) is 0 Å². The fraction of sp³-hybridized carbons (Fsp3) is 0.667. The number of benzene rings is 1. The minimum Gasteiger partial charge on any atom is -0.370 e. The van der Waals surface area contributed by atoms with Gasteiger partial charge < -0.3 is 13.3 Å². The molecule has 1 rings (SSSR count). The van der Waals surface area contributed by atoms with Crippen molar-refractivity contribution in [1.29, 1.82) is 0 Å². The van der Waals surface area contributed by atoms with Crippen LogP contribution in [0.25, 0.3) is 0 Å². The SMILES string of the molecule is CCCCO[Si](OCCCC)(OCCCC)c1cccc(I)c1. The Bertz CT molecular complexity index is 402. The van der Waals surface area contributed by atoms with Gasteiger partial charge in [-0.15, -0.1) is 0 Å². The van der Waals surface area contributed by atoms with Gasteiger partial charge in [0.15, 0.2) is 0 Å². The summed E-state index contributed by atoms with van der Waals surface area (Å²) >= 11 is 2.34. The molecule has 0 atom stereocenters. The molecule has 1 aromatic rings. The molecule has 0 saturated heterocycles. The van der Waals surface area contributed by atoms with E-state index in [1.807, 2.05) is 0 Å². The minimum absolute atomic E-state index is 0.701. The van der Waals surface area contributed by atoms with E-state index in [9.17, 15) is 0 Å². The molecule has 0 aliphatic carbocycles. The molecule has 3 nitrogen and oxygen atoms in total. The van der Waals surface area contributed by atoms with Crippen LogP contribution in [-0.2, 0) is 13.3 Å². The average molecular weight is 450 g/mol. The summed E-state index contributed by atoms with van der Waals surface area (Å²) in [6.07, 6.45) is 6.44. The van der Waals surface area contributed by atoms with Crippen molar-refractivity contribution < 1.29 is 13.3 Å². The van der Waals surface area contributed by atoms with Crippen LogP contribution in [0.2, 0.25) is 0 Å². The number of rotatable bonds is 13. The van der Waals surface area contributed by atoms with Crippen molar-refractivity contribution in [2.45, 2.75) is 59.3 Å². The van der Waals surface area contributed by atoms with Gasteiger partial charge in [-0.25, -0.2) is 0 Å². The Labute approximate surface area is 156 Å². The van der Waals surface area contributed by atoms with Crippen LogP contribution in [0.4, 0.5) is 0 Å². The normalized spacial score (nSPS) is 11.8. The first kappa shape index (κ1) is 21.1. The fourth-order valence-corrected chi connectivity index (χ4v) is 5.57. The van der Waals surface area contributed by atoms with Gasteiger partial charge in [-0.05, 0) is 54.0 Å². The van der Waals surface area contributed by atoms with E-state index in [0.717, 1.165) is 43.7 Å². The van der Waals surface area contributed by atoms with Crippen molar-refractivity contribution >= 4 is 36.6 Å². The smallest absolute Gasteiger partial charge is 0.370 e. The van der Waals surface area contributed by atoms with Gasteiger partial charge in [0.05, 0.1) is 0 Å². The lowest BCUT2D eigenvalue weighted by Crippen LogP contribution is -2.57. The molecule has 0 saturated carbocycles. The second kappa shape index (κ2) is 12.4. The highest BCUT2D eigenvalue weighted by Crippen LogP contribution is 2.15. The Morgan fingerprint density at radius 3 is 1.70 bits per heavy atom. The average Bonchev–Trinajstić information content (AvgIpc) is 2.55. The van der Waals surface area contributed by atoms with Gasteiger partial charge in [0.1, 0.15) is 0 Å². The minimum atomic E-state index is -2.82. The van der Waals surface area contributed by atoms with Crippen LogP contribution < -0.4 is 5.19 Å². The van der Waals surface area contributed by atoms with Crippen LogP contribution in [-0.4, -0.2) is 28.6 Å². The van der Waals surface area contributed by atoms with E-state index < -0.39 is 8.80 Å². The van der Waals surface area contributed by atoms with E-state index in [2.05, 4.69) is 67.6 Å². The standard InChI is InChI=1S/C18H31IO3Si/c1-4-7-13-20-23(21-14-8-5-2,22-15-9-6-3)18-12-10-11-17(19)16-18/h10-12,16H,4-9,13-15H2,1-3H3. The zero-order valence-electron chi connectivity index (χ0n) is 14.8. The molecule has 0 unspecified atom stereocenters. The van der Waals surface area contributed by atoms with Crippen molar-refractivity contribution in [2.75, 3.05) is 19.8 Å². The Hall–Kier alpha value is 0.0469. The zero-order valence-corrected chi connectivity index (χ0v) is 17.9. The van der Waals surface area contributed by atoms with E-state index >= 15 is 0 Å². The summed E-state index contributed by atoms with van der Waals surface area (Å²) in [7, 11) is -2.82. The van der Waals surface area contributed by atoms with Crippen LogP contribution in [0.15, 0.2) is 24.3 Å². The van der Waals surface area contributed by atoms with Crippen molar-refractivity contribution in [3.05, 3.63) is 27.8 Å². The van der Waals surface area contributed by atoms with Gasteiger partial charge in [-0.3, -0.25) is 0 Å². The molecule has 1 aromatic carbocycles. The van der Waals surface area contributed by atoms with Gasteiger partial charge in [0, 0.05) is 28.6 Å². The number of halogens is 1. The first-order valence-electron chi connectivity index (χ1n) is 8.86. The molecule has 0 bridgehead atoms. The molecule has 0 heterocycles. The van der Waals surface area contributed by atoms with E-state index in [0.29, 0.717) is 19.8 Å². The van der Waals surface area contributed by atoms with E-state index in [-0.39, 0.29) is 0 Å². The Morgan fingerprint density at radius 2 is 1.30 bits per heavy atom. The van der Waals surface area contributed by atoms with Gasteiger partial charge in [-0.1, -0.05) is 52.2 Å². The molecule has 0 aromatic heterocycles. The number of hydrogen-bond donors (Lipinski definition) is 0. The summed E-state index contributed by atoms with van der Waals surface area (Å²) in [5.41, 5.74) is 0. The lowest BCUT2D eigenvalue weighted by atomic mass is 10.4. The predicted octanol–water partition coefficient (Wildman–Crippen LogP) is 4.89. The van der Waals surface area contributed by atoms with Crippen LogP contribution in [0.1, 0.15) is 59.3 Å². The lowest BCUT2D eigenvalue weighted by molar-refractivity contribution is 0.0700. The first-order chi connectivity index (χ1) is 11.2. The third-order valence-electron chi connectivity index (χ3n) is 3.55. The van der Waals surface area contributed by atoms with Gasteiger partial charge in [-0.2, -0.15) is 0 Å². The molecular formula is C18H31IO3Si. The second-order valence-corrected chi connectivity index (χ2v) is 9.47. The lowest BCUT2D eigenvalue weighted by Gasteiger charge is -2.30. The molecule has 0 amide bonds. The second-order valence-electron chi connectivity index (χ2n) is 5.67. The fourth-order valence-electron chi connectivity index (χ4n) is 2.11. The maximum Gasteiger partial charge on any atom is 0.537 e. The van der Waals surface area contributed by atoms with Crippen molar-refractivity contribution in [3.63, 3.8) is 0 Å². The monoisotopic (exact) mass is 450 g/mol. The topological polar surface area (TPSA) is 27.7 Å². The van der Waals surface area contributed by atoms with Gasteiger partial charge in [0.25, 0.3) is 0 Å². The summed E-state index contributed by atoms with van der Waals surface area (Å²) in [6.45, 7) is 8.63. The molecule has 5 heteroatoms. The third-order valence-corrected chi connectivity index (χ3v) is 6.99. The summed E-state index contributed by atoms with van der Waals surface area (Å²) < 4.78 is 20.1. The Kier molecular flexibility index (Phi) is 11.4. The van der Waals surface area contributed by atoms with Crippen molar-refractivity contribution in [3.8, 4) is 0 Å². The van der Waals surface area contributed by atoms with Crippen molar-refractivity contribution in [1.82, 2.24) is 0 Å². The molecule has 0 spiro atoms. The van der Waals surface area contributed by atoms with Crippen molar-refractivity contribution in [2.24, 2.45) is 0 Å². The van der Waals surface area contributed by atoms with Crippen LogP contribution >= 0.6 is 22.6 Å². The Morgan fingerprint density at radius 1 is 0.826 bits per heavy atom. The molecule has 0 fully saturated rings. The van der Waals surface area contributed by atoms with Gasteiger partial charge >= 0.3 is 8.80 Å². The summed E-state index contributed by atoms with van der Waals surface area (Å²) in [5, 5.41) is 1.09. The van der Waals surface area contributed by atoms with E-state index in [1.165, 1.54) is 3.57 Å².